The Morgan fingerprint density at radius 3 is 3.00 bits per heavy atom. The fraction of sp³-hybridized carbons (Fsp3) is 0.500. The normalized spacial score (nSPS) is 20.7. The van der Waals surface area contributed by atoms with Crippen LogP contribution in [-0.4, -0.2) is 43.7 Å². The SMILES string of the molecule is CC(=O)N1CCCC[C@@H]1c1ncc2c(n1)CCN(Cc1cccnc1)C2. The van der Waals surface area contributed by atoms with E-state index in [4.69, 9.17) is 4.98 Å². The lowest BCUT2D eigenvalue weighted by Crippen LogP contribution is -2.38. The number of carbonyl (C=O) groups is 1. The first-order valence-electron chi connectivity index (χ1n) is 9.44. The summed E-state index contributed by atoms with van der Waals surface area (Å²) in [5.41, 5.74) is 3.58. The molecule has 2 aromatic heterocycles. The number of aromatic nitrogens is 3. The predicted octanol–water partition coefficient (Wildman–Crippen LogP) is 2.50. The number of likely N-dealkylation sites (tertiary alicyclic amines) is 1. The van der Waals surface area contributed by atoms with E-state index in [9.17, 15) is 4.79 Å². The zero-order valence-electron chi connectivity index (χ0n) is 15.3. The lowest BCUT2D eigenvalue weighted by atomic mass is 10.0. The molecule has 0 radical (unpaired) electrons. The summed E-state index contributed by atoms with van der Waals surface area (Å²) in [5.74, 6) is 0.943. The van der Waals surface area contributed by atoms with E-state index in [1.165, 1.54) is 11.1 Å². The van der Waals surface area contributed by atoms with Crippen molar-refractivity contribution in [3.05, 3.63) is 53.4 Å². The van der Waals surface area contributed by atoms with Gasteiger partial charge in [-0.25, -0.2) is 9.97 Å². The zero-order valence-corrected chi connectivity index (χ0v) is 15.3. The van der Waals surface area contributed by atoms with Crippen LogP contribution in [0, 0.1) is 0 Å². The molecule has 0 spiro atoms. The van der Waals surface area contributed by atoms with Crippen molar-refractivity contribution in [1.29, 1.82) is 0 Å². The molecule has 0 aromatic carbocycles. The van der Waals surface area contributed by atoms with E-state index < -0.39 is 0 Å². The number of carbonyl (C=O) groups excluding carboxylic acids is 1. The second-order valence-electron chi connectivity index (χ2n) is 7.25. The summed E-state index contributed by atoms with van der Waals surface area (Å²) in [4.78, 5) is 30.0. The van der Waals surface area contributed by atoms with Crippen molar-refractivity contribution in [3.8, 4) is 0 Å². The van der Waals surface area contributed by atoms with Crippen LogP contribution in [0.1, 0.15) is 54.9 Å². The van der Waals surface area contributed by atoms with Crippen molar-refractivity contribution >= 4 is 5.91 Å². The van der Waals surface area contributed by atoms with Gasteiger partial charge in [0.25, 0.3) is 0 Å². The molecular weight excluding hydrogens is 326 g/mol. The van der Waals surface area contributed by atoms with E-state index >= 15 is 0 Å². The molecule has 26 heavy (non-hydrogen) atoms. The number of hydrogen-bond donors (Lipinski definition) is 0. The van der Waals surface area contributed by atoms with E-state index in [1.807, 2.05) is 23.4 Å². The summed E-state index contributed by atoms with van der Waals surface area (Å²) in [6.07, 6.45) is 9.80. The Kier molecular flexibility index (Phi) is 4.93. The van der Waals surface area contributed by atoms with Gasteiger partial charge in [-0.3, -0.25) is 14.7 Å². The Hall–Kier alpha value is -2.34. The quantitative estimate of drug-likeness (QED) is 0.850. The smallest absolute Gasteiger partial charge is 0.220 e. The standard InChI is InChI=1S/C20H25N5O/c1-15(26)25-9-3-2-6-19(25)20-22-12-17-14-24(10-7-18(17)23-20)13-16-5-4-8-21-11-16/h4-5,8,11-12,19H,2-3,6-7,9-10,13-14H2,1H3/t19-/m1/s1. The van der Waals surface area contributed by atoms with Crippen LogP contribution in [0.15, 0.2) is 30.7 Å². The maximum absolute atomic E-state index is 11.9. The largest absolute Gasteiger partial charge is 0.333 e. The van der Waals surface area contributed by atoms with E-state index in [0.717, 1.165) is 63.4 Å². The topological polar surface area (TPSA) is 62.2 Å². The van der Waals surface area contributed by atoms with Crippen LogP contribution in [0.5, 0.6) is 0 Å². The van der Waals surface area contributed by atoms with Gasteiger partial charge in [0.05, 0.1) is 6.04 Å². The minimum atomic E-state index is 0.0416. The summed E-state index contributed by atoms with van der Waals surface area (Å²) in [6.45, 7) is 5.22. The molecule has 4 heterocycles. The molecule has 1 saturated heterocycles. The maximum atomic E-state index is 11.9. The molecule has 2 aliphatic rings. The van der Waals surface area contributed by atoms with Crippen molar-refractivity contribution in [2.45, 2.75) is 51.7 Å². The van der Waals surface area contributed by atoms with Crippen LogP contribution >= 0.6 is 0 Å². The van der Waals surface area contributed by atoms with E-state index in [1.54, 1.807) is 13.1 Å². The van der Waals surface area contributed by atoms with Gasteiger partial charge in [-0.2, -0.15) is 0 Å². The molecule has 0 unspecified atom stereocenters. The van der Waals surface area contributed by atoms with Gasteiger partial charge in [0.15, 0.2) is 5.82 Å². The number of hydrogen-bond acceptors (Lipinski definition) is 5. The fourth-order valence-corrected chi connectivity index (χ4v) is 4.01. The highest BCUT2D eigenvalue weighted by Gasteiger charge is 2.29. The molecule has 136 valence electrons. The van der Waals surface area contributed by atoms with Crippen molar-refractivity contribution < 1.29 is 4.79 Å². The first-order valence-corrected chi connectivity index (χ1v) is 9.44. The van der Waals surface area contributed by atoms with Crippen LogP contribution in [0.3, 0.4) is 0 Å². The highest BCUT2D eigenvalue weighted by molar-refractivity contribution is 5.73. The molecule has 2 aliphatic heterocycles. The number of nitrogens with zero attached hydrogens (tertiary/aromatic N) is 5. The number of piperidine rings is 1. The summed E-state index contributed by atoms with van der Waals surface area (Å²) >= 11 is 0. The highest BCUT2D eigenvalue weighted by atomic mass is 16.2. The first-order chi connectivity index (χ1) is 12.7. The number of fused-ring (bicyclic) bond motifs is 1. The minimum Gasteiger partial charge on any atom is -0.333 e. The monoisotopic (exact) mass is 351 g/mol. The van der Waals surface area contributed by atoms with Gasteiger partial charge in [0.1, 0.15) is 0 Å². The van der Waals surface area contributed by atoms with Crippen molar-refractivity contribution in [2.24, 2.45) is 0 Å². The Labute approximate surface area is 154 Å². The van der Waals surface area contributed by atoms with E-state index in [2.05, 4.69) is 20.9 Å². The zero-order chi connectivity index (χ0) is 17.9. The van der Waals surface area contributed by atoms with Gasteiger partial charge in [-0.15, -0.1) is 0 Å². The van der Waals surface area contributed by atoms with E-state index in [0.29, 0.717) is 0 Å². The molecule has 1 amide bonds. The number of amides is 1. The molecule has 0 aliphatic carbocycles. The molecule has 4 rings (SSSR count). The minimum absolute atomic E-state index is 0.0416. The lowest BCUT2D eigenvalue weighted by Gasteiger charge is -2.35. The number of rotatable bonds is 3. The molecular formula is C20H25N5O. The molecule has 0 N–H and O–H groups in total. The molecule has 2 aromatic rings. The maximum Gasteiger partial charge on any atom is 0.220 e. The summed E-state index contributed by atoms with van der Waals surface area (Å²) in [7, 11) is 0. The number of pyridine rings is 1. The molecule has 1 fully saturated rings. The van der Waals surface area contributed by atoms with Crippen LogP contribution in [0.25, 0.3) is 0 Å². The van der Waals surface area contributed by atoms with Gasteiger partial charge in [-0.05, 0) is 30.9 Å². The summed E-state index contributed by atoms with van der Waals surface area (Å²) in [6, 6.07) is 4.13. The molecule has 6 heteroatoms. The second-order valence-corrected chi connectivity index (χ2v) is 7.25. The molecule has 1 atom stereocenters. The van der Waals surface area contributed by atoms with Crippen molar-refractivity contribution in [3.63, 3.8) is 0 Å². The van der Waals surface area contributed by atoms with Gasteiger partial charge < -0.3 is 4.90 Å². The lowest BCUT2D eigenvalue weighted by molar-refractivity contribution is -0.132. The average molecular weight is 351 g/mol. The Balaban J connectivity index is 1.49. The van der Waals surface area contributed by atoms with Crippen LogP contribution in [0.4, 0.5) is 0 Å². The van der Waals surface area contributed by atoms with Crippen LogP contribution in [0.2, 0.25) is 0 Å². The predicted molar refractivity (Wildman–Crippen MR) is 98.1 cm³/mol. The third-order valence-corrected chi connectivity index (χ3v) is 5.37. The van der Waals surface area contributed by atoms with Crippen molar-refractivity contribution in [2.75, 3.05) is 13.1 Å². The highest BCUT2D eigenvalue weighted by Crippen LogP contribution is 2.30. The Morgan fingerprint density at radius 2 is 2.19 bits per heavy atom. The van der Waals surface area contributed by atoms with Crippen LogP contribution in [-0.2, 0) is 24.3 Å². The average Bonchev–Trinajstić information content (AvgIpc) is 2.68. The first kappa shape index (κ1) is 17.1. The summed E-state index contributed by atoms with van der Waals surface area (Å²) in [5, 5.41) is 0. The van der Waals surface area contributed by atoms with Gasteiger partial charge in [0.2, 0.25) is 5.91 Å². The molecule has 6 nitrogen and oxygen atoms in total. The third-order valence-electron chi connectivity index (χ3n) is 5.37. The Morgan fingerprint density at radius 1 is 1.27 bits per heavy atom. The van der Waals surface area contributed by atoms with Crippen molar-refractivity contribution in [1.82, 2.24) is 24.8 Å². The van der Waals surface area contributed by atoms with Gasteiger partial charge in [0, 0.05) is 69.4 Å². The molecule has 0 saturated carbocycles. The van der Waals surface area contributed by atoms with Gasteiger partial charge >= 0.3 is 0 Å². The van der Waals surface area contributed by atoms with Crippen LogP contribution < -0.4 is 0 Å². The summed E-state index contributed by atoms with van der Waals surface area (Å²) < 4.78 is 0. The third kappa shape index (κ3) is 3.60. The van der Waals surface area contributed by atoms with E-state index in [-0.39, 0.29) is 11.9 Å². The molecule has 0 bridgehead atoms. The van der Waals surface area contributed by atoms with Gasteiger partial charge in [-0.1, -0.05) is 6.07 Å². The second kappa shape index (κ2) is 7.50. The Bertz CT molecular complexity index is 779. The fourth-order valence-electron chi connectivity index (χ4n) is 4.01.